The number of oxazole rings is 2. The van der Waals surface area contributed by atoms with Gasteiger partial charge in [-0.1, -0.05) is 30.3 Å². The molecule has 3 aromatic heterocycles. The third-order valence-electron chi connectivity index (χ3n) is 5.48. The lowest BCUT2D eigenvalue weighted by Crippen LogP contribution is -2.19. The fourth-order valence-electron chi connectivity index (χ4n) is 3.35. The van der Waals surface area contributed by atoms with Crippen molar-refractivity contribution in [3.63, 3.8) is 0 Å². The number of carboxylic acid groups (broad SMARTS) is 1. The summed E-state index contributed by atoms with van der Waals surface area (Å²) < 4.78 is 20.7. The van der Waals surface area contributed by atoms with Gasteiger partial charge in [-0.25, -0.2) is 4.79 Å². The molecule has 1 aliphatic carbocycles. The third-order valence-corrected chi connectivity index (χ3v) is 6.23. The van der Waals surface area contributed by atoms with Crippen LogP contribution in [0.3, 0.4) is 0 Å². The van der Waals surface area contributed by atoms with E-state index in [1.54, 1.807) is 13.8 Å². The summed E-state index contributed by atoms with van der Waals surface area (Å²) >= 11 is 1.18. The lowest BCUT2D eigenvalue weighted by molar-refractivity contribution is -0.140. The minimum absolute atomic E-state index is 0.0323. The number of aryl methyl sites for hydroxylation is 1. The fraction of sp³-hybridized carbons (Fsp3) is 0.261. The van der Waals surface area contributed by atoms with Crippen LogP contribution in [-0.2, 0) is 14.9 Å². The summed E-state index contributed by atoms with van der Waals surface area (Å²) in [5.74, 6) is 4.70. The number of aliphatic carboxylic acids is 1. The third kappa shape index (κ3) is 3.99. The van der Waals surface area contributed by atoms with Gasteiger partial charge in [0.25, 0.3) is 17.3 Å². The molecule has 1 fully saturated rings. The van der Waals surface area contributed by atoms with E-state index in [9.17, 15) is 14.7 Å². The Balaban J connectivity index is 1.30. The highest BCUT2D eigenvalue weighted by Gasteiger charge is 2.56. The molecule has 0 spiro atoms. The van der Waals surface area contributed by atoms with E-state index in [1.165, 1.54) is 11.5 Å². The highest BCUT2D eigenvalue weighted by Crippen LogP contribution is 2.48. The minimum Gasteiger partial charge on any atom is -0.480 e. The van der Waals surface area contributed by atoms with Crippen LogP contribution in [0.25, 0.3) is 11.4 Å². The maximum atomic E-state index is 12.4. The Bertz CT molecular complexity index is 1420. The number of amides is 1. The standard InChI is InChI=1S/C23H18N4O6S/c1-12(14-6-4-3-5-7-14)31-22(30)25-17-13(2)34-27-15(17)8-9-16-24-18-19(32-16)26-20(33-18)23(10-11-23)21(28)29/h3-7,12H,10-11H2,1-2H3,(H,25,30)(H,28,29). The molecule has 10 nitrogen and oxygen atoms in total. The number of benzene rings is 1. The molecule has 0 aliphatic heterocycles. The number of carbonyl (C=O) groups excluding carboxylic acids is 1. The number of rotatable bonds is 5. The molecule has 1 unspecified atom stereocenters. The molecule has 0 saturated heterocycles. The van der Waals surface area contributed by atoms with Crippen molar-refractivity contribution in [2.45, 2.75) is 38.2 Å². The summed E-state index contributed by atoms with van der Waals surface area (Å²) in [4.78, 5) is 32.9. The van der Waals surface area contributed by atoms with E-state index in [-0.39, 0.29) is 23.2 Å². The van der Waals surface area contributed by atoms with Gasteiger partial charge >= 0.3 is 12.1 Å². The first-order valence-corrected chi connectivity index (χ1v) is 11.2. The predicted molar refractivity (Wildman–Crippen MR) is 120 cm³/mol. The van der Waals surface area contributed by atoms with Crippen LogP contribution in [0.15, 0.2) is 39.2 Å². The summed E-state index contributed by atoms with van der Waals surface area (Å²) in [5, 5.41) is 12.1. The molecule has 1 amide bonds. The highest BCUT2D eigenvalue weighted by molar-refractivity contribution is 7.06. The van der Waals surface area contributed by atoms with Gasteiger partial charge in [0, 0.05) is 10.8 Å². The largest absolute Gasteiger partial charge is 0.480 e. The summed E-state index contributed by atoms with van der Waals surface area (Å²) in [6.45, 7) is 3.59. The Morgan fingerprint density at radius 3 is 2.59 bits per heavy atom. The van der Waals surface area contributed by atoms with E-state index in [0.29, 0.717) is 24.2 Å². The van der Waals surface area contributed by atoms with Crippen molar-refractivity contribution < 1.29 is 28.3 Å². The smallest absolute Gasteiger partial charge is 0.412 e. The Morgan fingerprint density at radius 1 is 1.18 bits per heavy atom. The van der Waals surface area contributed by atoms with Crippen LogP contribution in [0.1, 0.15) is 53.8 Å². The number of nitrogens with zero attached hydrogens (tertiary/aromatic N) is 3. The Kier molecular flexibility index (Phi) is 5.30. The zero-order valence-electron chi connectivity index (χ0n) is 18.1. The van der Waals surface area contributed by atoms with Crippen LogP contribution in [0.4, 0.5) is 10.5 Å². The average Bonchev–Trinajstić information content (AvgIpc) is 3.26. The zero-order valence-corrected chi connectivity index (χ0v) is 18.9. The SMILES string of the molecule is Cc1snc(C#Cc2nc3oc(C4(C(=O)O)CC4)nc3o2)c1NC(=O)OC(C)c1ccccc1. The van der Waals surface area contributed by atoms with Crippen molar-refractivity contribution >= 4 is 40.7 Å². The predicted octanol–water partition coefficient (Wildman–Crippen LogP) is 4.41. The van der Waals surface area contributed by atoms with Crippen LogP contribution in [0.2, 0.25) is 0 Å². The molecule has 1 atom stereocenters. The molecule has 34 heavy (non-hydrogen) atoms. The molecule has 3 heterocycles. The Morgan fingerprint density at radius 2 is 1.91 bits per heavy atom. The molecule has 0 radical (unpaired) electrons. The first kappa shape index (κ1) is 21.7. The number of carboxylic acids is 1. The van der Waals surface area contributed by atoms with Crippen LogP contribution >= 0.6 is 11.5 Å². The van der Waals surface area contributed by atoms with Crippen molar-refractivity contribution in [2.75, 3.05) is 5.32 Å². The second-order valence-electron chi connectivity index (χ2n) is 7.83. The van der Waals surface area contributed by atoms with Gasteiger partial charge in [-0.2, -0.15) is 14.3 Å². The highest BCUT2D eigenvalue weighted by atomic mass is 32.1. The van der Waals surface area contributed by atoms with E-state index >= 15 is 0 Å². The number of anilines is 1. The van der Waals surface area contributed by atoms with Crippen molar-refractivity contribution in [3.05, 3.63) is 58.2 Å². The molecule has 4 aromatic rings. The number of ether oxygens (including phenoxy) is 1. The molecule has 0 bridgehead atoms. The van der Waals surface area contributed by atoms with E-state index in [1.807, 2.05) is 30.3 Å². The number of fused-ring (bicyclic) bond motifs is 1. The van der Waals surface area contributed by atoms with Gasteiger partial charge in [-0.15, -0.1) is 0 Å². The topological polar surface area (TPSA) is 141 Å². The molecule has 1 saturated carbocycles. The molecule has 5 rings (SSSR count). The monoisotopic (exact) mass is 478 g/mol. The Hall–Kier alpha value is -4.17. The van der Waals surface area contributed by atoms with Crippen LogP contribution in [0.5, 0.6) is 0 Å². The lowest BCUT2D eigenvalue weighted by Gasteiger charge is -2.14. The summed E-state index contributed by atoms with van der Waals surface area (Å²) in [5.41, 5.74) is 0.726. The molecular formula is C23H18N4O6S. The summed E-state index contributed by atoms with van der Waals surface area (Å²) in [6.07, 6.45) is -0.132. The molecule has 11 heteroatoms. The van der Waals surface area contributed by atoms with E-state index in [4.69, 9.17) is 13.6 Å². The van der Waals surface area contributed by atoms with Crippen LogP contribution < -0.4 is 5.32 Å². The van der Waals surface area contributed by atoms with Crippen molar-refractivity contribution in [2.24, 2.45) is 0 Å². The van der Waals surface area contributed by atoms with Gasteiger partial charge in [-0.05, 0) is 49.7 Å². The molecular weight excluding hydrogens is 460 g/mol. The lowest BCUT2D eigenvalue weighted by atomic mass is 10.1. The average molecular weight is 478 g/mol. The normalized spacial score (nSPS) is 14.8. The second kappa shape index (κ2) is 8.31. The first-order valence-electron chi connectivity index (χ1n) is 10.4. The van der Waals surface area contributed by atoms with Gasteiger partial charge in [0.2, 0.25) is 5.89 Å². The van der Waals surface area contributed by atoms with E-state index in [0.717, 1.165) is 10.4 Å². The summed E-state index contributed by atoms with van der Waals surface area (Å²) in [6, 6.07) is 9.39. The number of hydrogen-bond acceptors (Lipinski definition) is 9. The van der Waals surface area contributed by atoms with Gasteiger partial charge in [-0.3, -0.25) is 10.1 Å². The quantitative estimate of drug-likeness (QED) is 0.399. The zero-order chi connectivity index (χ0) is 23.9. The molecule has 2 N–H and O–H groups in total. The van der Waals surface area contributed by atoms with E-state index in [2.05, 4.69) is 31.5 Å². The molecule has 1 aliphatic rings. The van der Waals surface area contributed by atoms with Crippen LogP contribution in [0, 0.1) is 18.8 Å². The second-order valence-corrected chi connectivity index (χ2v) is 8.81. The Labute approximate surface area is 197 Å². The number of hydrogen-bond donors (Lipinski definition) is 2. The maximum Gasteiger partial charge on any atom is 0.412 e. The van der Waals surface area contributed by atoms with Crippen molar-refractivity contribution in [1.82, 2.24) is 14.3 Å². The van der Waals surface area contributed by atoms with Crippen molar-refractivity contribution in [1.29, 1.82) is 0 Å². The molecule has 1 aromatic carbocycles. The van der Waals surface area contributed by atoms with Crippen molar-refractivity contribution in [3.8, 4) is 11.8 Å². The maximum absolute atomic E-state index is 12.4. The van der Waals surface area contributed by atoms with Crippen LogP contribution in [-0.4, -0.2) is 31.5 Å². The molecule has 172 valence electrons. The fourth-order valence-corrected chi connectivity index (χ4v) is 3.95. The van der Waals surface area contributed by atoms with Gasteiger partial charge in [0.15, 0.2) is 5.69 Å². The summed E-state index contributed by atoms with van der Waals surface area (Å²) in [7, 11) is 0. The first-order chi connectivity index (χ1) is 16.4. The number of nitrogens with one attached hydrogen (secondary N) is 1. The number of carbonyl (C=O) groups is 2. The van der Waals surface area contributed by atoms with Gasteiger partial charge in [0.1, 0.15) is 11.5 Å². The van der Waals surface area contributed by atoms with Gasteiger partial charge in [0.05, 0.1) is 5.69 Å². The van der Waals surface area contributed by atoms with Gasteiger partial charge < -0.3 is 18.7 Å². The van der Waals surface area contributed by atoms with E-state index < -0.39 is 23.6 Å². The minimum atomic E-state index is -1.08. The number of aromatic nitrogens is 3.